The van der Waals surface area contributed by atoms with Crippen molar-refractivity contribution in [1.29, 1.82) is 0 Å². The van der Waals surface area contributed by atoms with E-state index in [2.05, 4.69) is 10.3 Å². The van der Waals surface area contributed by atoms with Gasteiger partial charge in [0.25, 0.3) is 5.91 Å². The van der Waals surface area contributed by atoms with Gasteiger partial charge in [-0.15, -0.1) is 0 Å². The molecule has 3 rings (SSSR count). The molecule has 0 saturated carbocycles. The van der Waals surface area contributed by atoms with Gasteiger partial charge in [-0.05, 0) is 24.3 Å². The van der Waals surface area contributed by atoms with Crippen molar-refractivity contribution in [3.8, 4) is 5.75 Å². The van der Waals surface area contributed by atoms with Gasteiger partial charge in [0, 0.05) is 24.7 Å². The van der Waals surface area contributed by atoms with Gasteiger partial charge in [0.05, 0.1) is 12.0 Å². The summed E-state index contributed by atoms with van der Waals surface area (Å²) < 4.78 is 5.75. The lowest BCUT2D eigenvalue weighted by molar-refractivity contribution is -0.122. The number of aromatic nitrogens is 1. The maximum absolute atomic E-state index is 12.7. The van der Waals surface area contributed by atoms with Gasteiger partial charge < -0.3 is 10.1 Å². The van der Waals surface area contributed by atoms with Crippen LogP contribution < -0.4 is 10.1 Å². The van der Waals surface area contributed by atoms with E-state index in [1.54, 1.807) is 37.6 Å². The summed E-state index contributed by atoms with van der Waals surface area (Å²) in [7, 11) is 1.58. The summed E-state index contributed by atoms with van der Waals surface area (Å²) in [5, 5.41) is 2.69. The van der Waals surface area contributed by atoms with Crippen molar-refractivity contribution < 1.29 is 14.3 Å². The lowest BCUT2D eigenvalue weighted by atomic mass is 10.2. The van der Waals surface area contributed by atoms with Crippen molar-refractivity contribution in [2.75, 3.05) is 19.0 Å². The molecule has 0 bridgehead atoms. The number of amides is 2. The number of ether oxygens (including phenoxy) is 1. The van der Waals surface area contributed by atoms with Crippen molar-refractivity contribution in [1.82, 2.24) is 9.88 Å². The minimum atomic E-state index is -0.226. The fourth-order valence-corrected chi connectivity index (χ4v) is 3.77. The van der Waals surface area contributed by atoms with Crippen LogP contribution in [0.25, 0.3) is 6.08 Å². The summed E-state index contributed by atoms with van der Waals surface area (Å²) in [6, 6.07) is 12.7. The Morgan fingerprint density at radius 1 is 1.30 bits per heavy atom. The zero-order valence-electron chi connectivity index (χ0n) is 14.5. The maximum atomic E-state index is 12.7. The molecule has 0 aliphatic carbocycles. The minimum absolute atomic E-state index is 0.130. The molecule has 1 aliphatic heterocycles. The number of hydrogen-bond acceptors (Lipinski definition) is 6. The van der Waals surface area contributed by atoms with Crippen molar-refractivity contribution >= 4 is 52.0 Å². The summed E-state index contributed by atoms with van der Waals surface area (Å²) in [5.41, 5.74) is 0.799. The normalized spacial score (nSPS) is 15.3. The molecule has 27 heavy (non-hydrogen) atoms. The van der Waals surface area contributed by atoms with Crippen molar-refractivity contribution in [2.24, 2.45) is 0 Å². The van der Waals surface area contributed by atoms with Crippen LogP contribution in [0.15, 0.2) is 53.6 Å². The zero-order chi connectivity index (χ0) is 19.2. The number of nitrogens with one attached hydrogen (secondary N) is 1. The highest BCUT2D eigenvalue weighted by atomic mass is 32.2. The number of hydrogen-bond donors (Lipinski definition) is 1. The summed E-state index contributed by atoms with van der Waals surface area (Å²) in [6.07, 6.45) is 3.48. The van der Waals surface area contributed by atoms with Crippen LogP contribution in [0.3, 0.4) is 0 Å². The Hall–Kier alpha value is -2.71. The number of nitrogens with zero attached hydrogens (tertiary/aromatic N) is 2. The molecule has 1 fully saturated rings. The van der Waals surface area contributed by atoms with E-state index in [4.69, 9.17) is 17.0 Å². The first-order valence-electron chi connectivity index (χ1n) is 8.18. The molecule has 0 radical (unpaired) electrons. The molecule has 0 atom stereocenters. The molecule has 1 N–H and O–H groups in total. The van der Waals surface area contributed by atoms with Gasteiger partial charge in [0.15, 0.2) is 0 Å². The summed E-state index contributed by atoms with van der Waals surface area (Å²) in [4.78, 5) is 30.7. The molecule has 1 saturated heterocycles. The number of thiocarbonyl (C=S) groups is 1. The Morgan fingerprint density at radius 3 is 2.81 bits per heavy atom. The van der Waals surface area contributed by atoms with E-state index in [0.29, 0.717) is 20.8 Å². The third-order valence-corrected chi connectivity index (χ3v) is 5.17. The number of carbonyl (C=O) groups excluding carboxylic acids is 2. The van der Waals surface area contributed by atoms with Gasteiger partial charge in [-0.3, -0.25) is 14.5 Å². The van der Waals surface area contributed by atoms with Crippen LogP contribution in [0, 0.1) is 0 Å². The summed E-state index contributed by atoms with van der Waals surface area (Å²) >= 11 is 6.53. The van der Waals surface area contributed by atoms with E-state index in [9.17, 15) is 9.59 Å². The summed E-state index contributed by atoms with van der Waals surface area (Å²) in [5.74, 6) is 0.722. The molecule has 0 spiro atoms. The SMILES string of the molecule is COc1ccccc1C=C1SC(=S)N(CCC(=O)Nc2ccccn2)C1=O. The fourth-order valence-electron chi connectivity index (χ4n) is 2.48. The van der Waals surface area contributed by atoms with Gasteiger partial charge in [-0.25, -0.2) is 4.98 Å². The van der Waals surface area contributed by atoms with Crippen LogP contribution in [0.2, 0.25) is 0 Å². The number of anilines is 1. The lowest BCUT2D eigenvalue weighted by Gasteiger charge is -2.14. The van der Waals surface area contributed by atoms with Crippen molar-refractivity contribution in [3.05, 3.63) is 59.1 Å². The molecule has 1 aromatic heterocycles. The van der Waals surface area contributed by atoms with E-state index in [-0.39, 0.29) is 24.8 Å². The van der Waals surface area contributed by atoms with Crippen LogP contribution in [-0.2, 0) is 9.59 Å². The molecule has 1 aliphatic rings. The Balaban J connectivity index is 1.64. The van der Waals surface area contributed by atoms with E-state index in [1.807, 2.05) is 24.3 Å². The van der Waals surface area contributed by atoms with E-state index in [0.717, 1.165) is 5.56 Å². The number of carbonyl (C=O) groups is 2. The molecule has 1 aromatic carbocycles. The van der Waals surface area contributed by atoms with Crippen LogP contribution in [0.4, 0.5) is 5.82 Å². The van der Waals surface area contributed by atoms with Crippen LogP contribution in [-0.4, -0.2) is 39.7 Å². The molecular weight excluding hydrogens is 382 g/mol. The average Bonchev–Trinajstić information content (AvgIpc) is 2.94. The second-order valence-corrected chi connectivity index (χ2v) is 7.26. The van der Waals surface area contributed by atoms with Gasteiger partial charge >= 0.3 is 0 Å². The third-order valence-electron chi connectivity index (χ3n) is 3.79. The Kier molecular flexibility index (Phi) is 6.20. The van der Waals surface area contributed by atoms with Gasteiger partial charge in [-0.2, -0.15) is 0 Å². The highest BCUT2D eigenvalue weighted by molar-refractivity contribution is 8.26. The van der Waals surface area contributed by atoms with Crippen LogP contribution in [0.1, 0.15) is 12.0 Å². The second kappa shape index (κ2) is 8.79. The molecule has 8 heteroatoms. The number of methoxy groups -OCH3 is 1. The Labute approximate surface area is 166 Å². The van der Waals surface area contributed by atoms with Crippen LogP contribution in [0.5, 0.6) is 5.75 Å². The molecule has 138 valence electrons. The highest BCUT2D eigenvalue weighted by Crippen LogP contribution is 2.34. The zero-order valence-corrected chi connectivity index (χ0v) is 16.2. The topological polar surface area (TPSA) is 71.5 Å². The fraction of sp³-hybridized carbons (Fsp3) is 0.158. The average molecular weight is 399 g/mol. The van der Waals surface area contributed by atoms with Gasteiger partial charge in [0.1, 0.15) is 15.9 Å². The molecular formula is C19H17N3O3S2. The largest absolute Gasteiger partial charge is 0.496 e. The first kappa shape index (κ1) is 19.1. The number of pyridine rings is 1. The second-order valence-electron chi connectivity index (χ2n) is 5.59. The van der Waals surface area contributed by atoms with E-state index in [1.165, 1.54) is 16.7 Å². The maximum Gasteiger partial charge on any atom is 0.266 e. The molecule has 2 amide bonds. The van der Waals surface area contributed by atoms with E-state index < -0.39 is 0 Å². The minimum Gasteiger partial charge on any atom is -0.496 e. The van der Waals surface area contributed by atoms with Gasteiger partial charge in [0.2, 0.25) is 5.91 Å². The smallest absolute Gasteiger partial charge is 0.266 e. The Morgan fingerprint density at radius 2 is 2.07 bits per heavy atom. The van der Waals surface area contributed by atoms with Crippen molar-refractivity contribution in [2.45, 2.75) is 6.42 Å². The first-order valence-corrected chi connectivity index (χ1v) is 9.40. The summed E-state index contributed by atoms with van der Waals surface area (Å²) in [6.45, 7) is 0.215. The Bertz CT molecular complexity index is 900. The monoisotopic (exact) mass is 399 g/mol. The molecule has 2 heterocycles. The number of rotatable bonds is 6. The predicted octanol–water partition coefficient (Wildman–Crippen LogP) is 3.32. The highest BCUT2D eigenvalue weighted by Gasteiger charge is 2.32. The lowest BCUT2D eigenvalue weighted by Crippen LogP contribution is -2.31. The predicted molar refractivity (Wildman–Crippen MR) is 110 cm³/mol. The number of thioether (sulfide) groups is 1. The number of benzene rings is 1. The first-order chi connectivity index (χ1) is 13.1. The van der Waals surface area contributed by atoms with Gasteiger partial charge in [-0.1, -0.05) is 48.2 Å². The number of para-hydroxylation sites is 1. The van der Waals surface area contributed by atoms with E-state index >= 15 is 0 Å². The van der Waals surface area contributed by atoms with Crippen LogP contribution >= 0.6 is 24.0 Å². The molecule has 6 nitrogen and oxygen atoms in total. The third kappa shape index (κ3) is 4.72. The molecule has 2 aromatic rings. The molecule has 0 unspecified atom stereocenters. The quantitative estimate of drug-likeness (QED) is 0.594. The standard InChI is InChI=1S/C19H17N3O3S2/c1-25-14-7-3-2-6-13(14)12-15-18(24)22(19(26)27-15)11-9-17(23)21-16-8-4-5-10-20-16/h2-8,10,12H,9,11H2,1H3,(H,20,21,23). The van der Waals surface area contributed by atoms with Crippen molar-refractivity contribution in [3.63, 3.8) is 0 Å².